The summed E-state index contributed by atoms with van der Waals surface area (Å²) in [7, 11) is 0. The monoisotopic (exact) mass is 266 g/mol. The second-order valence-electron chi connectivity index (χ2n) is 5.23. The number of hydrogen-bond donors (Lipinski definition) is 0. The second-order valence-corrected chi connectivity index (χ2v) is 5.23. The average Bonchev–Trinajstić information content (AvgIpc) is 3.06. The molecule has 2 unspecified atom stereocenters. The van der Waals surface area contributed by atoms with Gasteiger partial charge in [-0.3, -0.25) is 0 Å². The standard InChI is InChI=1S/C16H14N2O2/c19-16-13-6-2-1-5-12(13)14(20-16)10-11-4-3-8-18-9-7-17-15(11)18/h1-4,6-9,12,14H,5,10H2. The third kappa shape index (κ3) is 1.68. The van der Waals surface area contributed by atoms with Crippen molar-refractivity contribution in [2.45, 2.75) is 18.9 Å². The van der Waals surface area contributed by atoms with E-state index in [0.29, 0.717) is 6.42 Å². The molecule has 2 aromatic heterocycles. The molecule has 4 heteroatoms. The SMILES string of the molecule is O=C1OC(Cc2cccn3ccnc23)C2CC=CC=C12. The number of nitrogens with zero attached hydrogens (tertiary/aromatic N) is 2. The first-order chi connectivity index (χ1) is 9.83. The average molecular weight is 266 g/mol. The van der Waals surface area contributed by atoms with E-state index in [2.05, 4.69) is 17.1 Å². The molecule has 4 nitrogen and oxygen atoms in total. The molecule has 1 aliphatic carbocycles. The molecule has 1 aliphatic heterocycles. The van der Waals surface area contributed by atoms with Gasteiger partial charge in [-0.1, -0.05) is 24.3 Å². The molecular weight excluding hydrogens is 252 g/mol. The summed E-state index contributed by atoms with van der Waals surface area (Å²) < 4.78 is 7.54. The highest BCUT2D eigenvalue weighted by atomic mass is 16.6. The van der Waals surface area contributed by atoms with Crippen molar-refractivity contribution < 1.29 is 9.53 Å². The van der Waals surface area contributed by atoms with Gasteiger partial charge in [0.1, 0.15) is 11.8 Å². The van der Waals surface area contributed by atoms with Crippen LogP contribution in [0.2, 0.25) is 0 Å². The number of carbonyl (C=O) groups excluding carboxylic acids is 1. The van der Waals surface area contributed by atoms with E-state index in [1.165, 1.54) is 0 Å². The van der Waals surface area contributed by atoms with Crippen LogP contribution < -0.4 is 0 Å². The summed E-state index contributed by atoms with van der Waals surface area (Å²) in [6.07, 6.45) is 13.1. The molecule has 1 fully saturated rings. The first-order valence-corrected chi connectivity index (χ1v) is 6.81. The lowest BCUT2D eigenvalue weighted by Crippen LogP contribution is -2.20. The highest BCUT2D eigenvalue weighted by molar-refractivity contribution is 5.92. The third-order valence-electron chi connectivity index (χ3n) is 4.07. The summed E-state index contributed by atoms with van der Waals surface area (Å²) in [6, 6.07) is 4.05. The number of fused-ring (bicyclic) bond motifs is 2. The minimum absolute atomic E-state index is 0.0819. The minimum atomic E-state index is -0.167. The summed E-state index contributed by atoms with van der Waals surface area (Å²) >= 11 is 0. The Morgan fingerprint density at radius 2 is 2.35 bits per heavy atom. The molecule has 3 heterocycles. The molecular formula is C16H14N2O2. The summed E-state index contributed by atoms with van der Waals surface area (Å²) in [4.78, 5) is 16.3. The van der Waals surface area contributed by atoms with Crippen LogP contribution in [0.3, 0.4) is 0 Å². The first-order valence-electron chi connectivity index (χ1n) is 6.81. The van der Waals surface area contributed by atoms with Crippen LogP contribution in [0.25, 0.3) is 5.65 Å². The topological polar surface area (TPSA) is 43.6 Å². The van der Waals surface area contributed by atoms with Gasteiger partial charge >= 0.3 is 5.97 Å². The van der Waals surface area contributed by atoms with Crippen molar-refractivity contribution in [1.29, 1.82) is 0 Å². The van der Waals surface area contributed by atoms with Gasteiger partial charge < -0.3 is 9.14 Å². The number of carbonyl (C=O) groups is 1. The number of ether oxygens (including phenoxy) is 1. The summed E-state index contributed by atoms with van der Waals surface area (Å²) in [6.45, 7) is 0. The van der Waals surface area contributed by atoms with Crippen molar-refractivity contribution in [3.05, 3.63) is 60.1 Å². The van der Waals surface area contributed by atoms with E-state index in [1.807, 2.05) is 35.0 Å². The molecule has 0 radical (unpaired) electrons. The molecule has 0 spiro atoms. The zero-order chi connectivity index (χ0) is 13.5. The number of pyridine rings is 1. The van der Waals surface area contributed by atoms with Gasteiger partial charge in [0, 0.05) is 36.5 Å². The van der Waals surface area contributed by atoms with Crippen molar-refractivity contribution in [3.8, 4) is 0 Å². The second kappa shape index (κ2) is 4.34. The van der Waals surface area contributed by atoms with Gasteiger partial charge in [0.2, 0.25) is 0 Å². The Morgan fingerprint density at radius 3 is 3.30 bits per heavy atom. The fraction of sp³-hybridized carbons (Fsp3) is 0.250. The van der Waals surface area contributed by atoms with Crippen LogP contribution in [-0.2, 0) is 16.0 Å². The summed E-state index contributed by atoms with van der Waals surface area (Å²) in [5.74, 6) is 0.0161. The van der Waals surface area contributed by atoms with Crippen LogP contribution in [0.5, 0.6) is 0 Å². The van der Waals surface area contributed by atoms with Gasteiger partial charge in [0.05, 0.1) is 0 Å². The maximum Gasteiger partial charge on any atom is 0.334 e. The number of imidazole rings is 1. The van der Waals surface area contributed by atoms with E-state index in [0.717, 1.165) is 23.2 Å². The Kier molecular flexibility index (Phi) is 2.49. The van der Waals surface area contributed by atoms with E-state index in [-0.39, 0.29) is 18.0 Å². The number of aromatic nitrogens is 2. The largest absolute Gasteiger partial charge is 0.458 e. The lowest BCUT2D eigenvalue weighted by atomic mass is 9.87. The lowest BCUT2D eigenvalue weighted by Gasteiger charge is -2.18. The number of cyclic esters (lactones) is 1. The lowest BCUT2D eigenvalue weighted by molar-refractivity contribution is -0.139. The molecule has 0 amide bonds. The van der Waals surface area contributed by atoms with E-state index in [4.69, 9.17) is 4.74 Å². The summed E-state index contributed by atoms with van der Waals surface area (Å²) in [5, 5.41) is 0. The van der Waals surface area contributed by atoms with E-state index >= 15 is 0 Å². The normalized spacial score (nSPS) is 24.6. The zero-order valence-corrected chi connectivity index (χ0v) is 10.9. The van der Waals surface area contributed by atoms with Crippen LogP contribution >= 0.6 is 0 Å². The third-order valence-corrected chi connectivity index (χ3v) is 4.07. The molecule has 1 saturated heterocycles. The van der Waals surface area contributed by atoms with Gasteiger partial charge in [-0.15, -0.1) is 0 Å². The number of esters is 1. The Morgan fingerprint density at radius 1 is 1.40 bits per heavy atom. The predicted octanol–water partition coefficient (Wildman–Crippen LogP) is 2.30. The van der Waals surface area contributed by atoms with Gasteiger partial charge in [0.25, 0.3) is 0 Å². The minimum Gasteiger partial charge on any atom is -0.458 e. The van der Waals surface area contributed by atoms with Crippen LogP contribution in [0.1, 0.15) is 12.0 Å². The Hall–Kier alpha value is -2.36. The quantitative estimate of drug-likeness (QED) is 0.783. The van der Waals surface area contributed by atoms with Gasteiger partial charge in [-0.25, -0.2) is 9.78 Å². The van der Waals surface area contributed by atoms with Crippen molar-refractivity contribution in [3.63, 3.8) is 0 Å². The Bertz CT molecular complexity index is 742. The van der Waals surface area contributed by atoms with E-state index in [9.17, 15) is 4.79 Å². The molecule has 100 valence electrons. The molecule has 0 N–H and O–H groups in total. The van der Waals surface area contributed by atoms with E-state index in [1.54, 1.807) is 6.20 Å². The highest BCUT2D eigenvalue weighted by Gasteiger charge is 2.39. The fourth-order valence-electron chi connectivity index (χ4n) is 3.08. The molecule has 2 atom stereocenters. The van der Waals surface area contributed by atoms with Crippen LogP contribution in [0.15, 0.2) is 54.5 Å². The molecule has 0 aromatic carbocycles. The predicted molar refractivity (Wildman–Crippen MR) is 74.1 cm³/mol. The molecule has 4 rings (SSSR count). The van der Waals surface area contributed by atoms with Crippen molar-refractivity contribution in [1.82, 2.24) is 9.38 Å². The first kappa shape index (κ1) is 11.5. The van der Waals surface area contributed by atoms with Crippen molar-refractivity contribution in [2.75, 3.05) is 0 Å². The molecule has 20 heavy (non-hydrogen) atoms. The molecule has 0 bridgehead atoms. The maximum atomic E-state index is 11.9. The van der Waals surface area contributed by atoms with Crippen molar-refractivity contribution >= 4 is 11.6 Å². The number of allylic oxidation sites excluding steroid dienone is 3. The Labute approximate surface area is 116 Å². The van der Waals surface area contributed by atoms with Crippen LogP contribution in [0.4, 0.5) is 0 Å². The Balaban J connectivity index is 1.67. The molecule has 2 aromatic rings. The van der Waals surface area contributed by atoms with Gasteiger partial charge in [-0.05, 0) is 18.1 Å². The number of rotatable bonds is 2. The molecule has 0 saturated carbocycles. The van der Waals surface area contributed by atoms with E-state index < -0.39 is 0 Å². The highest BCUT2D eigenvalue weighted by Crippen LogP contribution is 2.35. The number of hydrogen-bond acceptors (Lipinski definition) is 3. The van der Waals surface area contributed by atoms with Gasteiger partial charge in [0.15, 0.2) is 0 Å². The summed E-state index contributed by atoms with van der Waals surface area (Å²) in [5.41, 5.74) is 2.87. The zero-order valence-electron chi connectivity index (χ0n) is 10.9. The van der Waals surface area contributed by atoms with Gasteiger partial charge in [-0.2, -0.15) is 0 Å². The van der Waals surface area contributed by atoms with Crippen LogP contribution in [-0.4, -0.2) is 21.5 Å². The smallest absolute Gasteiger partial charge is 0.334 e. The van der Waals surface area contributed by atoms with Crippen LogP contribution in [0, 0.1) is 5.92 Å². The maximum absolute atomic E-state index is 11.9. The molecule has 2 aliphatic rings. The van der Waals surface area contributed by atoms with Crippen molar-refractivity contribution in [2.24, 2.45) is 5.92 Å². The fourth-order valence-corrected chi connectivity index (χ4v) is 3.08.